The largest absolute Gasteiger partial charge is 0.395 e. The van der Waals surface area contributed by atoms with Crippen LogP contribution in [0.25, 0.3) is 10.2 Å². The van der Waals surface area contributed by atoms with Gasteiger partial charge in [-0.3, -0.25) is 0 Å². The van der Waals surface area contributed by atoms with E-state index in [4.69, 9.17) is 4.74 Å². The lowest BCUT2D eigenvalue weighted by molar-refractivity contribution is 0.202. The predicted molar refractivity (Wildman–Crippen MR) is 78.1 cm³/mol. The van der Waals surface area contributed by atoms with Gasteiger partial charge in [-0.2, -0.15) is 0 Å². The molecule has 1 N–H and O–H groups in total. The molecule has 0 bridgehead atoms. The SMILES string of the molecule is COCCN(CCO)c1ncnc2sc(C)c(C)c12. The van der Waals surface area contributed by atoms with Gasteiger partial charge in [0.2, 0.25) is 0 Å². The van der Waals surface area contributed by atoms with Crippen molar-refractivity contribution in [1.82, 2.24) is 9.97 Å². The van der Waals surface area contributed by atoms with Crippen molar-refractivity contribution in [2.24, 2.45) is 0 Å². The number of thiophene rings is 1. The fourth-order valence-corrected chi connectivity index (χ4v) is 3.04. The van der Waals surface area contributed by atoms with Gasteiger partial charge < -0.3 is 14.7 Å². The summed E-state index contributed by atoms with van der Waals surface area (Å²) < 4.78 is 5.12. The van der Waals surface area contributed by atoms with Gasteiger partial charge in [-0.1, -0.05) is 0 Å². The van der Waals surface area contributed by atoms with Crippen LogP contribution in [-0.2, 0) is 4.74 Å². The van der Waals surface area contributed by atoms with Crippen molar-refractivity contribution >= 4 is 27.4 Å². The maximum Gasteiger partial charge on any atom is 0.141 e. The Bertz CT molecular complexity index is 556. The van der Waals surface area contributed by atoms with E-state index >= 15 is 0 Å². The molecule has 6 heteroatoms. The molecule has 0 atom stereocenters. The van der Waals surface area contributed by atoms with Gasteiger partial charge in [0.15, 0.2) is 0 Å². The van der Waals surface area contributed by atoms with Crippen molar-refractivity contribution in [2.45, 2.75) is 13.8 Å². The zero-order chi connectivity index (χ0) is 13.8. The Morgan fingerprint density at radius 2 is 2.11 bits per heavy atom. The number of aryl methyl sites for hydroxylation is 2. The minimum absolute atomic E-state index is 0.0946. The Labute approximate surface area is 116 Å². The third kappa shape index (κ3) is 2.86. The van der Waals surface area contributed by atoms with Gasteiger partial charge >= 0.3 is 0 Å². The first-order chi connectivity index (χ1) is 9.19. The summed E-state index contributed by atoms with van der Waals surface area (Å²) in [4.78, 5) is 13.0. The number of aliphatic hydroxyl groups excluding tert-OH is 1. The molecule has 2 rings (SSSR count). The fraction of sp³-hybridized carbons (Fsp3) is 0.538. The van der Waals surface area contributed by atoms with E-state index in [0.717, 1.165) is 16.0 Å². The normalized spacial score (nSPS) is 11.2. The van der Waals surface area contributed by atoms with Crippen LogP contribution in [0.2, 0.25) is 0 Å². The molecule has 0 unspecified atom stereocenters. The van der Waals surface area contributed by atoms with E-state index in [1.165, 1.54) is 10.4 Å². The van der Waals surface area contributed by atoms with Crippen LogP contribution in [0.1, 0.15) is 10.4 Å². The van der Waals surface area contributed by atoms with Crippen LogP contribution in [0.5, 0.6) is 0 Å². The Balaban J connectivity index is 2.46. The van der Waals surface area contributed by atoms with E-state index in [9.17, 15) is 5.11 Å². The summed E-state index contributed by atoms with van der Waals surface area (Å²) in [5.74, 6) is 0.887. The smallest absolute Gasteiger partial charge is 0.141 e. The van der Waals surface area contributed by atoms with E-state index in [1.54, 1.807) is 24.8 Å². The summed E-state index contributed by atoms with van der Waals surface area (Å²) in [7, 11) is 1.67. The highest BCUT2D eigenvalue weighted by Gasteiger charge is 2.16. The van der Waals surface area contributed by atoms with Gasteiger partial charge in [0.1, 0.15) is 17.0 Å². The van der Waals surface area contributed by atoms with Gasteiger partial charge in [-0.15, -0.1) is 11.3 Å². The first-order valence-corrected chi connectivity index (χ1v) is 7.06. The van der Waals surface area contributed by atoms with Crippen molar-refractivity contribution in [1.29, 1.82) is 0 Å². The van der Waals surface area contributed by atoms with E-state index in [2.05, 4.69) is 23.8 Å². The van der Waals surface area contributed by atoms with Gasteiger partial charge in [0.25, 0.3) is 0 Å². The fourth-order valence-electron chi connectivity index (χ4n) is 2.05. The number of anilines is 1. The highest BCUT2D eigenvalue weighted by Crippen LogP contribution is 2.33. The second kappa shape index (κ2) is 6.27. The first kappa shape index (κ1) is 14.2. The number of methoxy groups -OCH3 is 1. The molecule has 5 nitrogen and oxygen atoms in total. The van der Waals surface area contributed by atoms with Crippen molar-refractivity contribution in [3.63, 3.8) is 0 Å². The van der Waals surface area contributed by atoms with Gasteiger partial charge in [-0.25, -0.2) is 9.97 Å². The number of nitrogens with zero attached hydrogens (tertiary/aromatic N) is 3. The van der Waals surface area contributed by atoms with Crippen molar-refractivity contribution in [3.05, 3.63) is 16.8 Å². The van der Waals surface area contributed by atoms with Crippen LogP contribution < -0.4 is 4.90 Å². The number of hydrogen-bond donors (Lipinski definition) is 1. The lowest BCUT2D eigenvalue weighted by Crippen LogP contribution is -2.31. The maximum atomic E-state index is 9.22. The minimum Gasteiger partial charge on any atom is -0.395 e. The standard InChI is InChI=1S/C13H19N3O2S/c1-9-10(2)19-13-11(9)12(14-8-15-13)16(4-6-17)5-7-18-3/h8,17H,4-7H2,1-3H3. The quantitative estimate of drug-likeness (QED) is 0.874. The lowest BCUT2D eigenvalue weighted by atomic mass is 10.2. The van der Waals surface area contributed by atoms with Gasteiger partial charge in [0, 0.05) is 25.1 Å². The number of aliphatic hydroxyl groups is 1. The van der Waals surface area contributed by atoms with Crippen LogP contribution in [-0.4, -0.2) is 48.5 Å². The maximum absolute atomic E-state index is 9.22. The van der Waals surface area contributed by atoms with E-state index < -0.39 is 0 Å². The zero-order valence-electron chi connectivity index (χ0n) is 11.5. The third-order valence-electron chi connectivity index (χ3n) is 3.18. The summed E-state index contributed by atoms with van der Waals surface area (Å²) in [6, 6.07) is 0. The molecule has 0 radical (unpaired) electrons. The molecule has 2 aromatic heterocycles. The molecule has 0 spiro atoms. The molecule has 0 aliphatic carbocycles. The average Bonchev–Trinajstić information content (AvgIpc) is 2.70. The summed E-state index contributed by atoms with van der Waals surface area (Å²) in [5, 5.41) is 10.3. The Morgan fingerprint density at radius 3 is 2.79 bits per heavy atom. The summed E-state index contributed by atoms with van der Waals surface area (Å²) >= 11 is 1.68. The minimum atomic E-state index is 0.0946. The molecular formula is C13H19N3O2S. The monoisotopic (exact) mass is 281 g/mol. The third-order valence-corrected chi connectivity index (χ3v) is 4.30. The Hall–Kier alpha value is -1.24. The topological polar surface area (TPSA) is 58.5 Å². The van der Waals surface area contributed by atoms with E-state index in [-0.39, 0.29) is 6.61 Å². The van der Waals surface area contributed by atoms with Crippen LogP contribution in [0.4, 0.5) is 5.82 Å². The summed E-state index contributed by atoms with van der Waals surface area (Å²) in [5.41, 5.74) is 1.22. The van der Waals surface area contributed by atoms with Crippen LogP contribution in [0, 0.1) is 13.8 Å². The highest BCUT2D eigenvalue weighted by atomic mass is 32.1. The molecule has 2 heterocycles. The lowest BCUT2D eigenvalue weighted by Gasteiger charge is -2.23. The number of fused-ring (bicyclic) bond motifs is 1. The van der Waals surface area contributed by atoms with Gasteiger partial charge in [-0.05, 0) is 19.4 Å². The molecule has 0 amide bonds. The molecule has 104 valence electrons. The number of rotatable bonds is 6. The van der Waals surface area contributed by atoms with Gasteiger partial charge in [0.05, 0.1) is 18.6 Å². The highest BCUT2D eigenvalue weighted by molar-refractivity contribution is 7.18. The van der Waals surface area contributed by atoms with Crippen LogP contribution in [0.15, 0.2) is 6.33 Å². The molecule has 0 saturated heterocycles. The first-order valence-electron chi connectivity index (χ1n) is 6.24. The van der Waals surface area contributed by atoms with E-state index in [1.807, 2.05) is 4.90 Å². The summed E-state index contributed by atoms with van der Waals surface area (Å²) in [6.45, 7) is 6.14. The second-order valence-electron chi connectivity index (χ2n) is 4.36. The molecule has 0 fully saturated rings. The molecule has 0 aliphatic heterocycles. The molecule has 0 saturated carbocycles. The molecule has 0 aliphatic rings. The molecule has 2 aromatic rings. The van der Waals surface area contributed by atoms with Crippen LogP contribution >= 0.6 is 11.3 Å². The number of aromatic nitrogens is 2. The van der Waals surface area contributed by atoms with Crippen molar-refractivity contribution in [2.75, 3.05) is 38.3 Å². The Kier molecular flexibility index (Phi) is 4.68. The van der Waals surface area contributed by atoms with E-state index in [0.29, 0.717) is 19.7 Å². The van der Waals surface area contributed by atoms with Crippen molar-refractivity contribution in [3.8, 4) is 0 Å². The zero-order valence-corrected chi connectivity index (χ0v) is 12.3. The van der Waals surface area contributed by atoms with Crippen molar-refractivity contribution < 1.29 is 9.84 Å². The average molecular weight is 281 g/mol. The molecular weight excluding hydrogens is 262 g/mol. The summed E-state index contributed by atoms with van der Waals surface area (Å²) in [6.07, 6.45) is 1.59. The predicted octanol–water partition coefficient (Wildman–Crippen LogP) is 1.75. The number of ether oxygens (including phenoxy) is 1. The van der Waals surface area contributed by atoms with Crippen LogP contribution in [0.3, 0.4) is 0 Å². The second-order valence-corrected chi connectivity index (χ2v) is 5.57. The number of hydrogen-bond acceptors (Lipinski definition) is 6. The molecule has 0 aromatic carbocycles. The Morgan fingerprint density at radius 1 is 1.32 bits per heavy atom. The molecule has 19 heavy (non-hydrogen) atoms.